The van der Waals surface area contributed by atoms with Gasteiger partial charge < -0.3 is 10.1 Å². The van der Waals surface area contributed by atoms with E-state index in [4.69, 9.17) is 4.74 Å². The molecule has 1 aromatic rings. The number of ether oxygens (including phenoxy) is 1. The van der Waals surface area contributed by atoms with Crippen LogP contribution in [0.4, 0.5) is 0 Å². The molecule has 0 amide bonds. The van der Waals surface area contributed by atoms with Gasteiger partial charge in [0.25, 0.3) is 0 Å². The minimum absolute atomic E-state index is 0.363. The largest absolute Gasteiger partial charge is 0.497 e. The third kappa shape index (κ3) is 2.83. The molecular weight excluding hydrogens is 258 g/mol. The van der Waals surface area contributed by atoms with Crippen LogP contribution in [0.3, 0.4) is 0 Å². The Hall–Kier alpha value is -1.02. The molecule has 0 saturated heterocycles. The minimum Gasteiger partial charge on any atom is -0.497 e. The van der Waals surface area contributed by atoms with E-state index in [1.165, 1.54) is 37.7 Å². The third-order valence-corrected chi connectivity index (χ3v) is 5.56. The van der Waals surface area contributed by atoms with Crippen LogP contribution in [0.5, 0.6) is 5.75 Å². The van der Waals surface area contributed by atoms with Gasteiger partial charge in [0.05, 0.1) is 7.11 Å². The van der Waals surface area contributed by atoms with E-state index in [9.17, 15) is 0 Å². The van der Waals surface area contributed by atoms with Crippen LogP contribution in [-0.4, -0.2) is 20.2 Å². The van der Waals surface area contributed by atoms with Crippen molar-refractivity contribution in [1.82, 2.24) is 5.32 Å². The van der Waals surface area contributed by atoms with E-state index >= 15 is 0 Å². The fourth-order valence-corrected chi connectivity index (χ4v) is 4.39. The van der Waals surface area contributed by atoms with Crippen LogP contribution in [0, 0.1) is 11.3 Å². The number of rotatable bonds is 6. The monoisotopic (exact) mass is 287 g/mol. The Bertz CT molecular complexity index is 465. The maximum absolute atomic E-state index is 5.30. The molecule has 0 unspecified atom stereocenters. The normalized spacial score (nSPS) is 21.9. The van der Waals surface area contributed by atoms with Crippen molar-refractivity contribution >= 4 is 0 Å². The third-order valence-electron chi connectivity index (χ3n) is 5.56. The number of methoxy groups -OCH3 is 1. The summed E-state index contributed by atoms with van der Waals surface area (Å²) in [6.45, 7) is 6.80. The molecule has 21 heavy (non-hydrogen) atoms. The number of hydrogen-bond donors (Lipinski definition) is 1. The van der Waals surface area contributed by atoms with Crippen molar-refractivity contribution in [2.24, 2.45) is 11.3 Å². The van der Waals surface area contributed by atoms with Crippen LogP contribution in [0.15, 0.2) is 24.3 Å². The molecule has 0 bridgehead atoms. The lowest BCUT2D eigenvalue weighted by molar-refractivity contribution is -0.0484. The van der Waals surface area contributed by atoms with Crippen LogP contribution in [0.2, 0.25) is 0 Å². The van der Waals surface area contributed by atoms with Crippen molar-refractivity contribution in [1.29, 1.82) is 0 Å². The first-order chi connectivity index (χ1) is 10.1. The Balaban J connectivity index is 1.72. The summed E-state index contributed by atoms with van der Waals surface area (Å²) < 4.78 is 5.30. The van der Waals surface area contributed by atoms with Gasteiger partial charge in [0.1, 0.15) is 5.75 Å². The second-order valence-electron chi connectivity index (χ2n) is 7.74. The van der Waals surface area contributed by atoms with Crippen LogP contribution in [-0.2, 0) is 5.41 Å². The van der Waals surface area contributed by atoms with Crippen molar-refractivity contribution < 1.29 is 4.74 Å². The Morgan fingerprint density at radius 2 is 1.81 bits per heavy atom. The fraction of sp³-hybridized carbons (Fsp3) is 0.684. The average Bonchev–Trinajstić information content (AvgIpc) is 2.39. The molecule has 2 fully saturated rings. The Morgan fingerprint density at radius 1 is 1.14 bits per heavy atom. The predicted molar refractivity (Wildman–Crippen MR) is 87.9 cm³/mol. The lowest BCUT2D eigenvalue weighted by Gasteiger charge is -2.62. The van der Waals surface area contributed by atoms with Crippen molar-refractivity contribution in [2.75, 3.05) is 20.2 Å². The molecule has 0 atom stereocenters. The molecule has 0 radical (unpaired) electrons. The highest BCUT2D eigenvalue weighted by Gasteiger charge is 2.57. The fourth-order valence-electron chi connectivity index (χ4n) is 4.39. The van der Waals surface area contributed by atoms with Gasteiger partial charge >= 0.3 is 0 Å². The van der Waals surface area contributed by atoms with Crippen LogP contribution >= 0.6 is 0 Å². The first-order valence-corrected chi connectivity index (χ1v) is 8.43. The molecule has 0 heterocycles. The zero-order chi connectivity index (χ0) is 14.9. The molecule has 2 saturated carbocycles. The van der Waals surface area contributed by atoms with E-state index in [2.05, 4.69) is 43.4 Å². The van der Waals surface area contributed by atoms with Crippen LogP contribution in [0.1, 0.15) is 51.5 Å². The molecule has 3 rings (SSSR count). The second-order valence-corrected chi connectivity index (χ2v) is 7.74. The number of hydrogen-bond acceptors (Lipinski definition) is 2. The van der Waals surface area contributed by atoms with Gasteiger partial charge in [0, 0.05) is 12.0 Å². The summed E-state index contributed by atoms with van der Waals surface area (Å²) in [5.74, 6) is 1.68. The summed E-state index contributed by atoms with van der Waals surface area (Å²) in [6, 6.07) is 8.79. The SMILES string of the molecule is COc1ccc(C2(CNCC(C)C)CC3(CCC3)C2)cc1. The molecular formula is C19H29NO. The molecule has 2 nitrogen and oxygen atoms in total. The van der Waals surface area contributed by atoms with E-state index < -0.39 is 0 Å². The molecule has 1 N–H and O–H groups in total. The molecule has 2 aliphatic carbocycles. The Labute approximate surface area is 129 Å². The van der Waals surface area contributed by atoms with Crippen molar-refractivity contribution in [3.05, 3.63) is 29.8 Å². The zero-order valence-corrected chi connectivity index (χ0v) is 13.7. The van der Waals surface area contributed by atoms with Crippen LogP contribution < -0.4 is 10.1 Å². The Kier molecular flexibility index (Phi) is 4.00. The number of nitrogens with one attached hydrogen (secondary N) is 1. The van der Waals surface area contributed by atoms with Crippen LogP contribution in [0.25, 0.3) is 0 Å². The highest BCUT2D eigenvalue weighted by atomic mass is 16.5. The topological polar surface area (TPSA) is 21.3 Å². The molecule has 0 aromatic heterocycles. The van der Waals surface area contributed by atoms with Gasteiger partial charge in [-0.3, -0.25) is 0 Å². The molecule has 2 heteroatoms. The van der Waals surface area contributed by atoms with E-state index in [-0.39, 0.29) is 0 Å². The highest BCUT2D eigenvalue weighted by molar-refractivity contribution is 5.36. The number of benzene rings is 1. The average molecular weight is 287 g/mol. The standard InChI is InChI=1S/C19H29NO/c1-15(2)11-20-14-19(12-18(13-19)9-4-10-18)16-5-7-17(21-3)8-6-16/h5-8,15,20H,4,9-14H2,1-3H3. The smallest absolute Gasteiger partial charge is 0.118 e. The van der Waals surface area contributed by atoms with Crippen molar-refractivity contribution in [3.8, 4) is 5.75 Å². The summed E-state index contributed by atoms with van der Waals surface area (Å²) in [7, 11) is 1.74. The molecule has 2 aliphatic rings. The first kappa shape index (κ1) is 14.9. The van der Waals surface area contributed by atoms with Crippen molar-refractivity contribution in [2.45, 2.75) is 51.4 Å². The quantitative estimate of drug-likeness (QED) is 0.849. The molecule has 1 aromatic carbocycles. The molecule has 116 valence electrons. The summed E-state index contributed by atoms with van der Waals surface area (Å²) in [4.78, 5) is 0. The zero-order valence-electron chi connectivity index (χ0n) is 13.7. The van der Waals surface area contributed by atoms with Crippen molar-refractivity contribution in [3.63, 3.8) is 0 Å². The van der Waals surface area contributed by atoms with Gasteiger partial charge in [-0.15, -0.1) is 0 Å². The summed E-state index contributed by atoms with van der Waals surface area (Å²) >= 11 is 0. The minimum atomic E-state index is 0.363. The summed E-state index contributed by atoms with van der Waals surface area (Å²) in [5.41, 5.74) is 2.55. The predicted octanol–water partition coefficient (Wildman–Crippen LogP) is 4.14. The maximum atomic E-state index is 5.30. The summed E-state index contributed by atoms with van der Waals surface area (Å²) in [5, 5.41) is 3.71. The van der Waals surface area contributed by atoms with E-state index in [1.807, 2.05) is 0 Å². The van der Waals surface area contributed by atoms with Gasteiger partial charge in [0.2, 0.25) is 0 Å². The lowest BCUT2D eigenvalue weighted by Crippen LogP contribution is -2.57. The van der Waals surface area contributed by atoms with Gasteiger partial charge in [-0.1, -0.05) is 32.4 Å². The lowest BCUT2D eigenvalue weighted by atomic mass is 9.43. The van der Waals surface area contributed by atoms with Gasteiger partial charge in [0.15, 0.2) is 0 Å². The van der Waals surface area contributed by atoms with E-state index in [0.717, 1.165) is 24.8 Å². The first-order valence-electron chi connectivity index (χ1n) is 8.43. The highest BCUT2D eigenvalue weighted by Crippen LogP contribution is 2.64. The van der Waals surface area contributed by atoms with E-state index in [1.54, 1.807) is 7.11 Å². The Morgan fingerprint density at radius 3 is 2.29 bits per heavy atom. The molecule has 0 aliphatic heterocycles. The van der Waals surface area contributed by atoms with Gasteiger partial charge in [-0.2, -0.15) is 0 Å². The summed E-state index contributed by atoms with van der Waals surface area (Å²) in [6.07, 6.45) is 7.09. The molecule has 1 spiro atoms. The maximum Gasteiger partial charge on any atom is 0.118 e. The second kappa shape index (κ2) is 5.64. The van der Waals surface area contributed by atoms with Gasteiger partial charge in [-0.05, 0) is 61.3 Å². The van der Waals surface area contributed by atoms with Gasteiger partial charge in [-0.25, -0.2) is 0 Å². The van der Waals surface area contributed by atoms with E-state index in [0.29, 0.717) is 10.8 Å².